The van der Waals surface area contributed by atoms with Crippen LogP contribution in [0.25, 0.3) is 22.0 Å². The third kappa shape index (κ3) is 3.72. The van der Waals surface area contributed by atoms with E-state index in [1.807, 2.05) is 24.5 Å². The molecule has 0 atom stereocenters. The topological polar surface area (TPSA) is 50.6 Å². The molecule has 0 spiro atoms. The number of piperazine rings is 1. The highest BCUT2D eigenvalue weighted by Gasteiger charge is 2.18. The normalized spacial score (nSPS) is 15.3. The molecule has 1 aliphatic heterocycles. The summed E-state index contributed by atoms with van der Waals surface area (Å²) in [4.78, 5) is 21.8. The number of carbonyl (C=O) groups excluding carboxylic acids is 1. The van der Waals surface area contributed by atoms with Crippen LogP contribution in [0.15, 0.2) is 42.7 Å². The molecule has 0 radical (unpaired) electrons. The lowest BCUT2D eigenvalue weighted by Crippen LogP contribution is -2.44. The Morgan fingerprint density at radius 3 is 2.45 bits per heavy atom. The van der Waals surface area contributed by atoms with Crippen molar-refractivity contribution in [2.24, 2.45) is 0 Å². The fourth-order valence-electron chi connectivity index (χ4n) is 3.94. The predicted octanol–water partition coefficient (Wildman–Crippen LogP) is 3.82. The fourth-order valence-corrected chi connectivity index (χ4v) is 3.94. The lowest BCUT2D eigenvalue weighted by Gasteiger charge is -2.33. The first-order valence-electron chi connectivity index (χ1n) is 10.1. The van der Waals surface area contributed by atoms with Gasteiger partial charge in [-0.1, -0.05) is 0 Å². The molecular formula is C23H28N4O2. The Balaban J connectivity index is 1.73. The van der Waals surface area contributed by atoms with Gasteiger partial charge >= 0.3 is 5.97 Å². The molecule has 0 amide bonds. The molecule has 0 aliphatic carbocycles. The number of carbonyl (C=O) groups is 1. The molecule has 29 heavy (non-hydrogen) atoms. The van der Waals surface area contributed by atoms with Gasteiger partial charge in [0.15, 0.2) is 0 Å². The number of pyridine rings is 1. The van der Waals surface area contributed by atoms with Gasteiger partial charge in [-0.2, -0.15) is 0 Å². The van der Waals surface area contributed by atoms with Gasteiger partial charge < -0.3 is 19.1 Å². The molecule has 3 heterocycles. The number of methoxy groups -OCH3 is 1. The Morgan fingerprint density at radius 1 is 1.07 bits per heavy atom. The molecule has 6 heteroatoms. The molecule has 1 saturated heterocycles. The highest BCUT2D eigenvalue weighted by atomic mass is 16.5. The van der Waals surface area contributed by atoms with Crippen LogP contribution in [-0.2, 0) is 4.74 Å². The highest BCUT2D eigenvalue weighted by molar-refractivity contribution is 6.06. The number of aromatic nitrogens is 2. The van der Waals surface area contributed by atoms with E-state index >= 15 is 0 Å². The number of hydrogen-bond acceptors (Lipinski definition) is 5. The number of ether oxygens (including phenoxy) is 1. The zero-order chi connectivity index (χ0) is 20.5. The molecule has 152 valence electrons. The SMILES string of the molecule is COC(=O)c1cc(-c2ccc(N3CCN(C)CC3)nc2)cc2c1ccn2C(C)C. The summed E-state index contributed by atoms with van der Waals surface area (Å²) in [5.41, 5.74) is 3.57. The van der Waals surface area contributed by atoms with Crippen molar-refractivity contribution in [3.63, 3.8) is 0 Å². The summed E-state index contributed by atoms with van der Waals surface area (Å²) < 4.78 is 7.22. The molecular weight excluding hydrogens is 364 g/mol. The third-order valence-corrected chi connectivity index (χ3v) is 5.71. The van der Waals surface area contributed by atoms with Crippen LogP contribution >= 0.6 is 0 Å². The second kappa shape index (κ2) is 7.87. The summed E-state index contributed by atoms with van der Waals surface area (Å²) in [5.74, 6) is 0.682. The molecule has 6 nitrogen and oxygen atoms in total. The predicted molar refractivity (Wildman–Crippen MR) is 117 cm³/mol. The van der Waals surface area contributed by atoms with Crippen LogP contribution in [0.1, 0.15) is 30.2 Å². The summed E-state index contributed by atoms with van der Waals surface area (Å²) in [6.07, 6.45) is 3.93. The Morgan fingerprint density at radius 2 is 1.83 bits per heavy atom. The largest absolute Gasteiger partial charge is 0.465 e. The maximum atomic E-state index is 12.4. The van der Waals surface area contributed by atoms with Crippen LogP contribution in [0.5, 0.6) is 0 Å². The number of benzene rings is 1. The average molecular weight is 393 g/mol. The first-order chi connectivity index (χ1) is 14.0. The lowest BCUT2D eigenvalue weighted by molar-refractivity contribution is 0.0603. The van der Waals surface area contributed by atoms with E-state index in [2.05, 4.69) is 53.5 Å². The number of anilines is 1. The fraction of sp³-hybridized carbons (Fsp3) is 0.391. The van der Waals surface area contributed by atoms with Gasteiger partial charge in [0.05, 0.1) is 12.7 Å². The quantitative estimate of drug-likeness (QED) is 0.632. The van der Waals surface area contributed by atoms with Gasteiger partial charge in [0.25, 0.3) is 0 Å². The molecule has 3 aromatic rings. The van der Waals surface area contributed by atoms with Crippen LogP contribution in [0, 0.1) is 0 Å². The van der Waals surface area contributed by atoms with E-state index in [-0.39, 0.29) is 5.97 Å². The molecule has 2 aromatic heterocycles. The number of fused-ring (bicyclic) bond motifs is 1. The molecule has 1 aliphatic rings. The van der Waals surface area contributed by atoms with E-state index in [1.165, 1.54) is 7.11 Å². The van der Waals surface area contributed by atoms with Crippen LogP contribution in [0.3, 0.4) is 0 Å². The highest BCUT2D eigenvalue weighted by Crippen LogP contribution is 2.31. The number of hydrogen-bond donors (Lipinski definition) is 0. The molecule has 4 rings (SSSR count). The summed E-state index contributed by atoms with van der Waals surface area (Å²) in [6, 6.07) is 10.5. The van der Waals surface area contributed by atoms with Gasteiger partial charge in [0, 0.05) is 61.1 Å². The molecule has 0 bridgehead atoms. The second-order valence-corrected chi connectivity index (χ2v) is 7.96. The van der Waals surface area contributed by atoms with Gasteiger partial charge in [-0.15, -0.1) is 0 Å². The third-order valence-electron chi connectivity index (χ3n) is 5.71. The van der Waals surface area contributed by atoms with Gasteiger partial charge in [-0.05, 0) is 56.8 Å². The molecule has 1 fully saturated rings. The first kappa shape index (κ1) is 19.5. The van der Waals surface area contributed by atoms with Crippen molar-refractivity contribution in [1.82, 2.24) is 14.5 Å². The maximum absolute atomic E-state index is 12.4. The van der Waals surface area contributed by atoms with Gasteiger partial charge in [0.1, 0.15) is 5.82 Å². The molecule has 0 saturated carbocycles. The second-order valence-electron chi connectivity index (χ2n) is 7.96. The molecule has 0 N–H and O–H groups in total. The zero-order valence-corrected chi connectivity index (χ0v) is 17.6. The van der Waals surface area contributed by atoms with E-state index in [4.69, 9.17) is 9.72 Å². The monoisotopic (exact) mass is 392 g/mol. The van der Waals surface area contributed by atoms with Crippen molar-refractivity contribution in [2.45, 2.75) is 19.9 Å². The van der Waals surface area contributed by atoms with Crippen LogP contribution < -0.4 is 4.90 Å². The van der Waals surface area contributed by atoms with Gasteiger partial charge in [-0.3, -0.25) is 0 Å². The summed E-state index contributed by atoms with van der Waals surface area (Å²) in [7, 11) is 3.57. The van der Waals surface area contributed by atoms with Gasteiger partial charge in [0.2, 0.25) is 0 Å². The zero-order valence-electron chi connectivity index (χ0n) is 17.6. The van der Waals surface area contributed by atoms with Crippen molar-refractivity contribution in [1.29, 1.82) is 0 Å². The van der Waals surface area contributed by atoms with E-state index < -0.39 is 0 Å². The standard InChI is InChI=1S/C23H28N4O2/c1-16(2)27-8-7-19-20(23(28)29-4)13-18(14-21(19)27)17-5-6-22(24-15-17)26-11-9-25(3)10-12-26/h5-8,13-16H,9-12H2,1-4H3. The Kier molecular flexibility index (Phi) is 5.28. The maximum Gasteiger partial charge on any atom is 0.338 e. The van der Waals surface area contributed by atoms with Crippen molar-refractivity contribution in [3.05, 3.63) is 48.3 Å². The van der Waals surface area contributed by atoms with Crippen molar-refractivity contribution in [3.8, 4) is 11.1 Å². The Hall–Kier alpha value is -2.86. The first-order valence-corrected chi connectivity index (χ1v) is 10.1. The van der Waals surface area contributed by atoms with Gasteiger partial charge in [-0.25, -0.2) is 9.78 Å². The Bertz CT molecular complexity index is 1020. The van der Waals surface area contributed by atoms with E-state index in [0.29, 0.717) is 11.6 Å². The van der Waals surface area contributed by atoms with E-state index in [1.54, 1.807) is 0 Å². The minimum atomic E-state index is -0.319. The van der Waals surface area contributed by atoms with Crippen LogP contribution in [0.2, 0.25) is 0 Å². The molecule has 0 unspecified atom stereocenters. The van der Waals surface area contributed by atoms with Crippen LogP contribution in [0.4, 0.5) is 5.82 Å². The summed E-state index contributed by atoms with van der Waals surface area (Å²) in [6.45, 7) is 8.35. The van der Waals surface area contributed by atoms with Crippen molar-refractivity contribution < 1.29 is 9.53 Å². The number of esters is 1. The summed E-state index contributed by atoms with van der Waals surface area (Å²) >= 11 is 0. The average Bonchev–Trinajstić information content (AvgIpc) is 3.17. The number of rotatable bonds is 4. The minimum absolute atomic E-state index is 0.297. The van der Waals surface area contributed by atoms with E-state index in [9.17, 15) is 4.79 Å². The number of nitrogens with zero attached hydrogens (tertiary/aromatic N) is 4. The minimum Gasteiger partial charge on any atom is -0.465 e. The van der Waals surface area contributed by atoms with Crippen molar-refractivity contribution in [2.75, 3.05) is 45.2 Å². The van der Waals surface area contributed by atoms with E-state index in [0.717, 1.165) is 54.0 Å². The smallest absolute Gasteiger partial charge is 0.338 e. The molecule has 1 aromatic carbocycles. The lowest BCUT2D eigenvalue weighted by atomic mass is 10.0. The number of likely N-dealkylation sites (N-methyl/N-ethyl adjacent to an activating group) is 1. The summed E-state index contributed by atoms with van der Waals surface area (Å²) in [5, 5.41) is 0.913. The van der Waals surface area contributed by atoms with Crippen molar-refractivity contribution >= 4 is 22.7 Å². The van der Waals surface area contributed by atoms with Crippen LogP contribution in [-0.4, -0.2) is 60.8 Å². The Labute approximate surface area is 171 Å².